The fourth-order valence-corrected chi connectivity index (χ4v) is 2.66. The summed E-state index contributed by atoms with van der Waals surface area (Å²) >= 11 is 5.20. The maximum atomic E-state index is 4.27. The van der Waals surface area contributed by atoms with Gasteiger partial charge in [0.25, 0.3) is 0 Å². The first-order valence-corrected chi connectivity index (χ1v) is 6.70. The molecule has 16 heavy (non-hydrogen) atoms. The Morgan fingerprint density at radius 3 is 2.88 bits per heavy atom. The standard InChI is InChI=1S/C12H13BrN2S/c1-8(12-7-14-9(2)16-12)15-11-5-3-4-10(13)6-11/h3-8,15H,1-2H3. The highest BCUT2D eigenvalue weighted by atomic mass is 79.9. The quantitative estimate of drug-likeness (QED) is 0.909. The lowest BCUT2D eigenvalue weighted by Gasteiger charge is -2.13. The molecule has 84 valence electrons. The van der Waals surface area contributed by atoms with Crippen LogP contribution < -0.4 is 5.32 Å². The van der Waals surface area contributed by atoms with Gasteiger partial charge >= 0.3 is 0 Å². The molecule has 0 spiro atoms. The van der Waals surface area contributed by atoms with E-state index in [1.54, 1.807) is 11.3 Å². The Kier molecular flexibility index (Phi) is 3.61. The van der Waals surface area contributed by atoms with E-state index in [1.165, 1.54) is 4.88 Å². The summed E-state index contributed by atoms with van der Waals surface area (Å²) in [6.45, 7) is 4.17. The van der Waals surface area contributed by atoms with Crippen LogP contribution in [-0.4, -0.2) is 4.98 Å². The molecule has 0 fully saturated rings. The second-order valence-corrected chi connectivity index (χ2v) is 5.84. The van der Waals surface area contributed by atoms with E-state index in [-0.39, 0.29) is 0 Å². The van der Waals surface area contributed by atoms with Gasteiger partial charge in [0.2, 0.25) is 0 Å². The number of hydrogen-bond acceptors (Lipinski definition) is 3. The summed E-state index contributed by atoms with van der Waals surface area (Å²) in [4.78, 5) is 5.53. The molecule has 0 saturated heterocycles. The third-order valence-corrected chi connectivity index (χ3v) is 3.86. The highest BCUT2D eigenvalue weighted by Crippen LogP contribution is 2.25. The molecule has 1 aromatic heterocycles. The zero-order chi connectivity index (χ0) is 11.5. The van der Waals surface area contributed by atoms with Gasteiger partial charge in [-0.05, 0) is 32.0 Å². The fourth-order valence-electron chi connectivity index (χ4n) is 1.48. The Morgan fingerprint density at radius 1 is 1.44 bits per heavy atom. The number of aryl methyl sites for hydroxylation is 1. The summed E-state index contributed by atoms with van der Waals surface area (Å²) in [5.41, 5.74) is 1.12. The van der Waals surface area contributed by atoms with E-state index in [4.69, 9.17) is 0 Å². The predicted molar refractivity (Wildman–Crippen MR) is 73.0 cm³/mol. The van der Waals surface area contributed by atoms with Gasteiger partial charge in [-0.25, -0.2) is 4.98 Å². The molecule has 0 bridgehead atoms. The fraction of sp³-hybridized carbons (Fsp3) is 0.250. The number of nitrogens with one attached hydrogen (secondary N) is 1. The first-order chi connectivity index (χ1) is 7.65. The number of nitrogens with zero attached hydrogens (tertiary/aromatic N) is 1. The summed E-state index contributed by atoms with van der Waals surface area (Å²) < 4.78 is 1.09. The van der Waals surface area contributed by atoms with Crippen LogP contribution in [0.4, 0.5) is 5.69 Å². The van der Waals surface area contributed by atoms with E-state index in [1.807, 2.05) is 25.3 Å². The summed E-state index contributed by atoms with van der Waals surface area (Å²) in [5, 5.41) is 4.56. The molecule has 0 radical (unpaired) electrons. The second kappa shape index (κ2) is 4.97. The van der Waals surface area contributed by atoms with Gasteiger partial charge in [-0.3, -0.25) is 0 Å². The molecule has 1 atom stereocenters. The molecule has 1 aromatic carbocycles. The lowest BCUT2D eigenvalue weighted by molar-refractivity contribution is 0.903. The minimum absolute atomic E-state index is 0.292. The summed E-state index contributed by atoms with van der Waals surface area (Å²) in [5.74, 6) is 0. The Morgan fingerprint density at radius 2 is 2.25 bits per heavy atom. The molecule has 0 saturated carbocycles. The van der Waals surface area contributed by atoms with Gasteiger partial charge in [0, 0.05) is 21.2 Å². The van der Waals surface area contributed by atoms with Crippen molar-refractivity contribution >= 4 is 33.0 Å². The third kappa shape index (κ3) is 2.83. The molecule has 2 nitrogen and oxygen atoms in total. The average molecular weight is 297 g/mol. The molecule has 0 aliphatic carbocycles. The van der Waals surface area contributed by atoms with Crippen molar-refractivity contribution in [2.45, 2.75) is 19.9 Å². The molecule has 1 heterocycles. The van der Waals surface area contributed by atoms with Crippen molar-refractivity contribution < 1.29 is 0 Å². The lowest BCUT2D eigenvalue weighted by Crippen LogP contribution is -2.04. The first-order valence-electron chi connectivity index (χ1n) is 5.09. The van der Waals surface area contributed by atoms with Gasteiger partial charge in [0.15, 0.2) is 0 Å². The molecule has 0 amide bonds. The molecule has 0 aliphatic rings. The van der Waals surface area contributed by atoms with E-state index < -0.39 is 0 Å². The van der Waals surface area contributed by atoms with Crippen LogP contribution in [0, 0.1) is 6.92 Å². The molecule has 2 rings (SSSR count). The minimum Gasteiger partial charge on any atom is -0.378 e. The molecule has 1 unspecified atom stereocenters. The van der Waals surface area contributed by atoms with Crippen LogP contribution in [-0.2, 0) is 0 Å². The van der Waals surface area contributed by atoms with Gasteiger partial charge in [-0.15, -0.1) is 11.3 Å². The number of halogens is 1. The molecule has 1 N–H and O–H groups in total. The van der Waals surface area contributed by atoms with Crippen LogP contribution in [0.5, 0.6) is 0 Å². The van der Waals surface area contributed by atoms with Crippen molar-refractivity contribution in [3.63, 3.8) is 0 Å². The zero-order valence-electron chi connectivity index (χ0n) is 9.20. The second-order valence-electron chi connectivity index (χ2n) is 3.66. The molecular weight excluding hydrogens is 284 g/mol. The normalized spacial score (nSPS) is 12.4. The van der Waals surface area contributed by atoms with E-state index in [0.717, 1.165) is 15.2 Å². The number of thiazole rings is 1. The highest BCUT2D eigenvalue weighted by molar-refractivity contribution is 9.10. The number of anilines is 1. The van der Waals surface area contributed by atoms with Crippen molar-refractivity contribution in [2.24, 2.45) is 0 Å². The maximum absolute atomic E-state index is 4.27. The van der Waals surface area contributed by atoms with Gasteiger partial charge in [-0.1, -0.05) is 22.0 Å². The van der Waals surface area contributed by atoms with Gasteiger partial charge in [0.05, 0.1) is 11.0 Å². The van der Waals surface area contributed by atoms with Crippen molar-refractivity contribution in [2.75, 3.05) is 5.32 Å². The van der Waals surface area contributed by atoms with Crippen molar-refractivity contribution in [1.82, 2.24) is 4.98 Å². The summed E-state index contributed by atoms with van der Waals surface area (Å²) in [6.07, 6.45) is 1.94. The monoisotopic (exact) mass is 296 g/mol. The van der Waals surface area contributed by atoms with Gasteiger partial charge in [-0.2, -0.15) is 0 Å². The van der Waals surface area contributed by atoms with E-state index in [9.17, 15) is 0 Å². The molecular formula is C12H13BrN2S. The number of benzene rings is 1. The number of aromatic nitrogens is 1. The van der Waals surface area contributed by atoms with Crippen LogP contribution in [0.1, 0.15) is 22.9 Å². The Balaban J connectivity index is 2.10. The van der Waals surface area contributed by atoms with Crippen molar-refractivity contribution in [1.29, 1.82) is 0 Å². The van der Waals surface area contributed by atoms with Crippen molar-refractivity contribution in [3.8, 4) is 0 Å². The predicted octanol–water partition coefficient (Wildman–Crippen LogP) is 4.39. The number of hydrogen-bond donors (Lipinski definition) is 1. The molecule has 4 heteroatoms. The van der Waals surface area contributed by atoms with Crippen LogP contribution in [0.2, 0.25) is 0 Å². The van der Waals surface area contributed by atoms with Crippen LogP contribution in [0.25, 0.3) is 0 Å². The third-order valence-electron chi connectivity index (χ3n) is 2.27. The van der Waals surface area contributed by atoms with Crippen LogP contribution >= 0.6 is 27.3 Å². The Labute approximate surface area is 108 Å². The number of rotatable bonds is 3. The Bertz CT molecular complexity index is 481. The molecule has 0 aliphatic heterocycles. The SMILES string of the molecule is Cc1ncc(C(C)Nc2cccc(Br)c2)s1. The Hall–Kier alpha value is -0.870. The van der Waals surface area contributed by atoms with Crippen LogP contribution in [0.3, 0.4) is 0 Å². The highest BCUT2D eigenvalue weighted by Gasteiger charge is 2.08. The van der Waals surface area contributed by atoms with Crippen molar-refractivity contribution in [3.05, 3.63) is 44.8 Å². The maximum Gasteiger partial charge on any atom is 0.0897 e. The van der Waals surface area contributed by atoms with Gasteiger partial charge in [0.1, 0.15) is 0 Å². The summed E-state index contributed by atoms with van der Waals surface area (Å²) in [7, 11) is 0. The van der Waals surface area contributed by atoms with Crippen LogP contribution in [0.15, 0.2) is 34.9 Å². The van der Waals surface area contributed by atoms with E-state index in [2.05, 4.69) is 45.3 Å². The topological polar surface area (TPSA) is 24.9 Å². The van der Waals surface area contributed by atoms with E-state index in [0.29, 0.717) is 6.04 Å². The average Bonchev–Trinajstić information content (AvgIpc) is 2.65. The minimum atomic E-state index is 0.292. The largest absolute Gasteiger partial charge is 0.378 e. The zero-order valence-corrected chi connectivity index (χ0v) is 11.6. The van der Waals surface area contributed by atoms with E-state index >= 15 is 0 Å². The van der Waals surface area contributed by atoms with Gasteiger partial charge < -0.3 is 5.32 Å². The lowest BCUT2D eigenvalue weighted by atomic mass is 10.2. The smallest absolute Gasteiger partial charge is 0.0897 e. The first kappa shape index (κ1) is 11.6. The molecule has 2 aromatic rings. The summed E-state index contributed by atoms with van der Waals surface area (Å²) in [6, 6.07) is 8.48.